The summed E-state index contributed by atoms with van der Waals surface area (Å²) in [5, 5.41) is 0. The molecule has 0 unspecified atom stereocenters. The molecule has 1 amide bonds. The number of primary amides is 1. The molecule has 2 aromatic carbocycles. The summed E-state index contributed by atoms with van der Waals surface area (Å²) in [6.07, 6.45) is 0. The number of nitrogen functional groups attached to an aromatic ring is 1. The number of amides is 1. The molecule has 92 valence electrons. The number of halogens is 1. The zero-order chi connectivity index (χ0) is 13.1. The maximum absolute atomic E-state index is 12.7. The second kappa shape index (κ2) is 4.75. The van der Waals surface area contributed by atoms with E-state index in [1.165, 1.54) is 30.3 Å². The van der Waals surface area contributed by atoms with E-state index < -0.39 is 5.91 Å². The van der Waals surface area contributed by atoms with Crippen LogP contribution in [-0.4, -0.2) is 5.91 Å². The van der Waals surface area contributed by atoms with Crippen molar-refractivity contribution in [3.63, 3.8) is 0 Å². The lowest BCUT2D eigenvalue weighted by atomic mass is 10.1. The molecule has 0 atom stereocenters. The van der Waals surface area contributed by atoms with Gasteiger partial charge in [-0.1, -0.05) is 0 Å². The van der Waals surface area contributed by atoms with Crippen molar-refractivity contribution >= 4 is 11.6 Å². The summed E-state index contributed by atoms with van der Waals surface area (Å²) >= 11 is 0. The van der Waals surface area contributed by atoms with Crippen LogP contribution in [0.2, 0.25) is 0 Å². The van der Waals surface area contributed by atoms with E-state index in [-0.39, 0.29) is 17.1 Å². The molecule has 18 heavy (non-hydrogen) atoms. The Hall–Kier alpha value is -2.56. The highest BCUT2D eigenvalue weighted by molar-refractivity contribution is 5.96. The van der Waals surface area contributed by atoms with Crippen molar-refractivity contribution in [1.29, 1.82) is 0 Å². The number of rotatable bonds is 3. The molecule has 0 aliphatic carbocycles. The number of benzene rings is 2. The minimum atomic E-state index is -0.639. The predicted octanol–water partition coefficient (Wildman–Crippen LogP) is 2.30. The average molecular weight is 246 g/mol. The van der Waals surface area contributed by atoms with Gasteiger partial charge in [-0.15, -0.1) is 0 Å². The van der Waals surface area contributed by atoms with E-state index in [4.69, 9.17) is 16.2 Å². The van der Waals surface area contributed by atoms with Crippen molar-refractivity contribution < 1.29 is 13.9 Å². The number of nitrogens with two attached hydrogens (primary N) is 2. The molecule has 2 rings (SSSR count). The first-order valence-electron chi connectivity index (χ1n) is 5.19. The summed E-state index contributed by atoms with van der Waals surface area (Å²) in [5.41, 5.74) is 11.4. The fourth-order valence-corrected chi connectivity index (χ4v) is 1.46. The second-order valence-electron chi connectivity index (χ2n) is 3.68. The maximum atomic E-state index is 12.7. The molecule has 0 spiro atoms. The van der Waals surface area contributed by atoms with Crippen molar-refractivity contribution in [2.24, 2.45) is 5.73 Å². The van der Waals surface area contributed by atoms with Crippen LogP contribution < -0.4 is 16.2 Å². The van der Waals surface area contributed by atoms with E-state index in [0.717, 1.165) is 0 Å². The van der Waals surface area contributed by atoms with E-state index in [2.05, 4.69) is 0 Å². The molecule has 0 aliphatic rings. The summed E-state index contributed by atoms with van der Waals surface area (Å²) in [7, 11) is 0. The Bertz CT molecular complexity index is 582. The number of hydrogen-bond acceptors (Lipinski definition) is 3. The second-order valence-corrected chi connectivity index (χ2v) is 3.68. The highest BCUT2D eigenvalue weighted by atomic mass is 19.1. The van der Waals surface area contributed by atoms with Gasteiger partial charge in [-0.3, -0.25) is 4.79 Å². The van der Waals surface area contributed by atoms with Crippen LogP contribution in [0, 0.1) is 5.82 Å². The molecule has 0 bridgehead atoms. The molecule has 2 aromatic rings. The Morgan fingerprint density at radius 1 is 1.11 bits per heavy atom. The van der Waals surface area contributed by atoms with Crippen LogP contribution in [0.3, 0.4) is 0 Å². The van der Waals surface area contributed by atoms with Gasteiger partial charge in [0.05, 0.1) is 5.56 Å². The number of carbonyl (C=O) groups is 1. The van der Waals surface area contributed by atoms with Crippen LogP contribution in [0.4, 0.5) is 10.1 Å². The van der Waals surface area contributed by atoms with Crippen LogP contribution in [0.5, 0.6) is 11.5 Å². The zero-order valence-electron chi connectivity index (χ0n) is 9.39. The molecule has 0 aliphatic heterocycles. The molecular formula is C13H11FN2O2. The first kappa shape index (κ1) is 11.9. The third-order valence-corrected chi connectivity index (χ3v) is 2.31. The topological polar surface area (TPSA) is 78.3 Å². The van der Waals surface area contributed by atoms with Crippen LogP contribution in [0.1, 0.15) is 10.4 Å². The van der Waals surface area contributed by atoms with Gasteiger partial charge in [0.1, 0.15) is 17.3 Å². The lowest BCUT2D eigenvalue weighted by Gasteiger charge is -2.09. The van der Waals surface area contributed by atoms with Gasteiger partial charge in [0.15, 0.2) is 0 Å². The molecule has 0 saturated heterocycles. The molecule has 4 nitrogen and oxygen atoms in total. The summed E-state index contributed by atoms with van der Waals surface area (Å²) in [4.78, 5) is 11.2. The number of carbonyl (C=O) groups excluding carboxylic acids is 1. The van der Waals surface area contributed by atoms with E-state index in [9.17, 15) is 9.18 Å². The van der Waals surface area contributed by atoms with Gasteiger partial charge >= 0.3 is 0 Å². The minimum Gasteiger partial charge on any atom is -0.457 e. The largest absolute Gasteiger partial charge is 0.457 e. The highest BCUT2D eigenvalue weighted by Crippen LogP contribution is 2.26. The maximum Gasteiger partial charge on any atom is 0.252 e. The molecule has 0 saturated carbocycles. The summed E-state index contributed by atoms with van der Waals surface area (Å²) in [5.74, 6) is -0.318. The Morgan fingerprint density at radius 2 is 1.78 bits per heavy atom. The quantitative estimate of drug-likeness (QED) is 0.815. The van der Waals surface area contributed by atoms with Gasteiger partial charge in [-0.05, 0) is 42.5 Å². The molecule has 0 radical (unpaired) electrons. The van der Waals surface area contributed by atoms with Crippen LogP contribution in [-0.2, 0) is 0 Å². The van der Waals surface area contributed by atoms with E-state index >= 15 is 0 Å². The van der Waals surface area contributed by atoms with Gasteiger partial charge in [0, 0.05) is 5.69 Å². The average Bonchev–Trinajstić information content (AvgIpc) is 2.34. The highest BCUT2D eigenvalue weighted by Gasteiger charge is 2.10. The van der Waals surface area contributed by atoms with E-state index in [1.54, 1.807) is 12.1 Å². The monoisotopic (exact) mass is 246 g/mol. The zero-order valence-corrected chi connectivity index (χ0v) is 9.39. The van der Waals surface area contributed by atoms with Gasteiger partial charge in [0.2, 0.25) is 0 Å². The number of anilines is 1. The van der Waals surface area contributed by atoms with Gasteiger partial charge < -0.3 is 16.2 Å². The van der Waals surface area contributed by atoms with Crippen LogP contribution >= 0.6 is 0 Å². The van der Waals surface area contributed by atoms with Crippen molar-refractivity contribution in [3.8, 4) is 11.5 Å². The first-order valence-corrected chi connectivity index (χ1v) is 5.19. The normalized spacial score (nSPS) is 10.1. The van der Waals surface area contributed by atoms with Crippen LogP contribution in [0.15, 0.2) is 42.5 Å². The fraction of sp³-hybridized carbons (Fsp3) is 0. The van der Waals surface area contributed by atoms with Gasteiger partial charge in [0.25, 0.3) is 5.91 Å². The molecule has 0 fully saturated rings. The lowest BCUT2D eigenvalue weighted by Crippen LogP contribution is -2.12. The van der Waals surface area contributed by atoms with Crippen molar-refractivity contribution in [2.45, 2.75) is 0 Å². The number of ether oxygens (including phenoxy) is 1. The lowest BCUT2D eigenvalue weighted by molar-refractivity contribution is 0.0998. The van der Waals surface area contributed by atoms with Crippen LogP contribution in [0.25, 0.3) is 0 Å². The molecule has 4 N–H and O–H groups in total. The van der Waals surface area contributed by atoms with Crippen molar-refractivity contribution in [2.75, 3.05) is 5.73 Å². The van der Waals surface area contributed by atoms with E-state index in [1.807, 2.05) is 0 Å². The fourth-order valence-electron chi connectivity index (χ4n) is 1.46. The Balaban J connectivity index is 2.34. The molecule has 5 heteroatoms. The summed E-state index contributed by atoms with van der Waals surface area (Å²) in [6.45, 7) is 0. The van der Waals surface area contributed by atoms with Gasteiger partial charge in [-0.2, -0.15) is 0 Å². The minimum absolute atomic E-state index is 0.180. The third-order valence-electron chi connectivity index (χ3n) is 2.31. The Labute approximate surface area is 103 Å². The SMILES string of the molecule is NC(=O)c1cc(N)ccc1Oc1ccc(F)cc1. The third kappa shape index (κ3) is 2.57. The van der Waals surface area contributed by atoms with Gasteiger partial charge in [-0.25, -0.2) is 4.39 Å². The Morgan fingerprint density at radius 3 is 2.39 bits per heavy atom. The first-order chi connectivity index (χ1) is 8.56. The predicted molar refractivity (Wildman–Crippen MR) is 65.8 cm³/mol. The molecule has 0 aromatic heterocycles. The smallest absolute Gasteiger partial charge is 0.252 e. The Kier molecular flexibility index (Phi) is 3.14. The molecule has 0 heterocycles. The van der Waals surface area contributed by atoms with Crippen molar-refractivity contribution in [1.82, 2.24) is 0 Å². The standard InChI is InChI=1S/C13H11FN2O2/c14-8-1-4-10(5-2-8)18-12-6-3-9(15)7-11(12)13(16)17/h1-7H,15H2,(H2,16,17). The summed E-state index contributed by atoms with van der Waals surface area (Å²) < 4.78 is 18.2. The summed E-state index contributed by atoms with van der Waals surface area (Å²) in [6, 6.07) is 9.99. The van der Waals surface area contributed by atoms with Crippen molar-refractivity contribution in [3.05, 3.63) is 53.8 Å². The van der Waals surface area contributed by atoms with E-state index in [0.29, 0.717) is 11.4 Å². The molecular weight excluding hydrogens is 235 g/mol. The number of hydrogen-bond donors (Lipinski definition) is 2.